The van der Waals surface area contributed by atoms with Crippen LogP contribution >= 0.6 is 0 Å². The maximum atomic E-state index is 11.8. The van der Waals surface area contributed by atoms with Gasteiger partial charge in [-0.3, -0.25) is 0 Å². The SMILES string of the molecule is CC(C)(CCC#N)CNC1CCC(NC(=O)OC(C)(C)C)CC1. The van der Waals surface area contributed by atoms with E-state index in [-0.39, 0.29) is 17.6 Å². The van der Waals surface area contributed by atoms with Crippen molar-refractivity contribution in [2.45, 2.75) is 90.8 Å². The Morgan fingerprint density at radius 2 is 1.70 bits per heavy atom. The molecule has 0 spiro atoms. The third kappa shape index (κ3) is 8.80. The molecule has 0 heterocycles. The van der Waals surface area contributed by atoms with Gasteiger partial charge in [-0.1, -0.05) is 13.8 Å². The summed E-state index contributed by atoms with van der Waals surface area (Å²) in [5.41, 5.74) is -0.292. The van der Waals surface area contributed by atoms with E-state index in [9.17, 15) is 4.79 Å². The minimum atomic E-state index is -0.447. The minimum absolute atomic E-state index is 0.154. The van der Waals surface area contributed by atoms with Crippen molar-refractivity contribution in [1.29, 1.82) is 5.26 Å². The zero-order valence-corrected chi connectivity index (χ0v) is 15.4. The summed E-state index contributed by atoms with van der Waals surface area (Å²) in [5.74, 6) is 0. The van der Waals surface area contributed by atoms with Gasteiger partial charge < -0.3 is 15.4 Å². The summed E-state index contributed by atoms with van der Waals surface area (Å²) in [7, 11) is 0. The van der Waals surface area contributed by atoms with Gasteiger partial charge in [0.1, 0.15) is 5.60 Å². The highest BCUT2D eigenvalue weighted by Gasteiger charge is 2.26. The molecule has 2 N–H and O–H groups in total. The molecule has 0 saturated heterocycles. The van der Waals surface area contributed by atoms with Crippen molar-refractivity contribution in [1.82, 2.24) is 10.6 Å². The van der Waals surface area contributed by atoms with Gasteiger partial charge in [-0.2, -0.15) is 5.26 Å². The first-order valence-electron chi connectivity index (χ1n) is 8.71. The molecule has 1 fully saturated rings. The lowest BCUT2D eigenvalue weighted by molar-refractivity contribution is 0.0489. The van der Waals surface area contributed by atoms with Gasteiger partial charge in [-0.15, -0.1) is 0 Å². The smallest absolute Gasteiger partial charge is 0.407 e. The van der Waals surface area contributed by atoms with Gasteiger partial charge in [0.05, 0.1) is 6.07 Å². The molecule has 0 radical (unpaired) electrons. The number of rotatable bonds is 6. The normalized spacial score (nSPS) is 22.3. The first-order chi connectivity index (χ1) is 10.6. The van der Waals surface area contributed by atoms with Crippen LogP contribution in [0.5, 0.6) is 0 Å². The number of ether oxygens (including phenoxy) is 1. The fourth-order valence-corrected chi connectivity index (χ4v) is 2.82. The van der Waals surface area contributed by atoms with E-state index in [1.54, 1.807) is 0 Å². The van der Waals surface area contributed by atoms with Crippen molar-refractivity contribution in [3.63, 3.8) is 0 Å². The molecule has 1 aliphatic rings. The minimum Gasteiger partial charge on any atom is -0.444 e. The summed E-state index contributed by atoms with van der Waals surface area (Å²) in [6.07, 6.45) is 5.31. The Hall–Kier alpha value is -1.28. The van der Waals surface area contributed by atoms with Crippen molar-refractivity contribution in [3.05, 3.63) is 0 Å². The molecule has 1 saturated carbocycles. The predicted octanol–water partition coefficient (Wildman–Crippen LogP) is 3.74. The topological polar surface area (TPSA) is 74.2 Å². The molecule has 5 nitrogen and oxygen atoms in total. The van der Waals surface area contributed by atoms with Gasteiger partial charge in [0.25, 0.3) is 0 Å². The Bertz CT molecular complexity index is 413. The number of carbonyl (C=O) groups is 1. The third-order valence-electron chi connectivity index (χ3n) is 4.23. The van der Waals surface area contributed by atoms with Gasteiger partial charge in [0.15, 0.2) is 0 Å². The molecule has 5 heteroatoms. The summed E-state index contributed by atoms with van der Waals surface area (Å²) in [6, 6.07) is 2.95. The van der Waals surface area contributed by atoms with Crippen LogP contribution in [0, 0.1) is 16.7 Å². The Balaban J connectivity index is 2.25. The Labute approximate surface area is 141 Å². The van der Waals surface area contributed by atoms with Crippen LogP contribution in [0.15, 0.2) is 0 Å². The van der Waals surface area contributed by atoms with Crippen LogP contribution < -0.4 is 10.6 Å². The van der Waals surface area contributed by atoms with Gasteiger partial charge in [0, 0.05) is 25.0 Å². The fourth-order valence-electron chi connectivity index (χ4n) is 2.82. The van der Waals surface area contributed by atoms with E-state index < -0.39 is 5.60 Å². The molecular weight excluding hydrogens is 290 g/mol. The standard InChI is InChI=1S/C18H33N3O2/c1-17(2,3)23-16(22)21-15-9-7-14(8-10-15)20-13-18(4,5)11-6-12-19/h14-15,20H,6-11,13H2,1-5H3,(H,21,22). The molecule has 0 aromatic rings. The number of amides is 1. The van der Waals surface area contributed by atoms with E-state index in [1.807, 2.05) is 20.8 Å². The predicted molar refractivity (Wildman–Crippen MR) is 92.0 cm³/mol. The zero-order valence-electron chi connectivity index (χ0n) is 15.4. The lowest BCUT2D eigenvalue weighted by Gasteiger charge is -2.33. The molecule has 0 aliphatic heterocycles. The van der Waals surface area contributed by atoms with Crippen molar-refractivity contribution in [3.8, 4) is 6.07 Å². The maximum absolute atomic E-state index is 11.8. The Kier molecular flexibility index (Phi) is 7.34. The highest BCUT2D eigenvalue weighted by Crippen LogP contribution is 2.24. The lowest BCUT2D eigenvalue weighted by atomic mass is 9.86. The first-order valence-corrected chi connectivity index (χ1v) is 8.71. The molecule has 1 rings (SSSR count). The van der Waals surface area contributed by atoms with E-state index >= 15 is 0 Å². The van der Waals surface area contributed by atoms with E-state index in [0.29, 0.717) is 12.5 Å². The van der Waals surface area contributed by atoms with Gasteiger partial charge >= 0.3 is 6.09 Å². The van der Waals surface area contributed by atoms with Crippen molar-refractivity contribution in [2.24, 2.45) is 5.41 Å². The van der Waals surface area contributed by atoms with E-state index in [4.69, 9.17) is 10.00 Å². The van der Waals surface area contributed by atoms with Crippen LogP contribution in [-0.2, 0) is 4.74 Å². The zero-order chi connectivity index (χ0) is 17.5. The summed E-state index contributed by atoms with van der Waals surface area (Å²) >= 11 is 0. The molecule has 0 aromatic carbocycles. The van der Waals surface area contributed by atoms with Crippen molar-refractivity contribution < 1.29 is 9.53 Å². The average molecular weight is 323 g/mol. The number of carbonyl (C=O) groups excluding carboxylic acids is 1. The highest BCUT2D eigenvalue weighted by atomic mass is 16.6. The molecule has 0 atom stereocenters. The summed E-state index contributed by atoms with van der Waals surface area (Å²) in [4.78, 5) is 11.8. The molecule has 0 bridgehead atoms. The molecular formula is C18H33N3O2. The Morgan fingerprint density at radius 3 is 2.22 bits per heavy atom. The second-order valence-electron chi connectivity index (χ2n) is 8.40. The van der Waals surface area contributed by atoms with Gasteiger partial charge in [-0.05, 0) is 58.3 Å². The van der Waals surface area contributed by atoms with E-state index in [1.165, 1.54) is 0 Å². The maximum Gasteiger partial charge on any atom is 0.407 e. The van der Waals surface area contributed by atoms with Crippen molar-refractivity contribution >= 4 is 6.09 Å². The molecule has 1 amide bonds. The summed E-state index contributed by atoms with van der Waals surface area (Å²) in [6.45, 7) is 11.0. The van der Waals surface area contributed by atoms with Crippen LogP contribution in [0.25, 0.3) is 0 Å². The third-order valence-corrected chi connectivity index (χ3v) is 4.23. The summed E-state index contributed by atoms with van der Waals surface area (Å²) < 4.78 is 5.30. The van der Waals surface area contributed by atoms with Gasteiger partial charge in [0.2, 0.25) is 0 Å². The molecule has 132 valence electrons. The highest BCUT2D eigenvalue weighted by molar-refractivity contribution is 5.68. The number of hydrogen-bond donors (Lipinski definition) is 2. The second-order valence-corrected chi connectivity index (χ2v) is 8.40. The molecule has 0 unspecified atom stereocenters. The summed E-state index contributed by atoms with van der Waals surface area (Å²) in [5, 5.41) is 15.3. The van der Waals surface area contributed by atoms with Gasteiger partial charge in [-0.25, -0.2) is 4.79 Å². The quantitative estimate of drug-likeness (QED) is 0.781. The lowest BCUT2D eigenvalue weighted by Crippen LogP contribution is -2.45. The van der Waals surface area contributed by atoms with Crippen LogP contribution in [-0.4, -0.2) is 30.3 Å². The number of nitrogens with one attached hydrogen (secondary N) is 2. The number of hydrogen-bond acceptors (Lipinski definition) is 4. The number of nitrogens with zero attached hydrogens (tertiary/aromatic N) is 1. The molecule has 23 heavy (non-hydrogen) atoms. The number of alkyl carbamates (subject to hydrolysis) is 1. The molecule has 0 aromatic heterocycles. The fraction of sp³-hybridized carbons (Fsp3) is 0.889. The van der Waals surface area contributed by atoms with E-state index in [0.717, 1.165) is 38.6 Å². The first kappa shape index (κ1) is 19.8. The van der Waals surface area contributed by atoms with Crippen molar-refractivity contribution in [2.75, 3.05) is 6.54 Å². The van der Waals surface area contributed by atoms with Crippen LogP contribution in [0.3, 0.4) is 0 Å². The van der Waals surface area contributed by atoms with E-state index in [2.05, 4.69) is 30.6 Å². The molecule has 1 aliphatic carbocycles. The monoisotopic (exact) mass is 323 g/mol. The second kappa shape index (κ2) is 8.54. The van der Waals surface area contributed by atoms with Crippen LogP contribution in [0.2, 0.25) is 0 Å². The van der Waals surface area contributed by atoms with Crippen LogP contribution in [0.1, 0.15) is 73.1 Å². The Morgan fingerprint density at radius 1 is 1.13 bits per heavy atom. The largest absolute Gasteiger partial charge is 0.444 e. The average Bonchev–Trinajstić information content (AvgIpc) is 2.42. The number of nitriles is 1. The van der Waals surface area contributed by atoms with Crippen LogP contribution in [0.4, 0.5) is 4.79 Å².